The van der Waals surface area contributed by atoms with E-state index >= 15 is 0 Å². The molecule has 2 rings (SSSR count). The highest BCUT2D eigenvalue weighted by molar-refractivity contribution is 8.00. The Balaban J connectivity index is 1.70. The van der Waals surface area contributed by atoms with Crippen molar-refractivity contribution in [2.75, 3.05) is 12.4 Å². The monoisotopic (exact) mass is 232 g/mol. The van der Waals surface area contributed by atoms with E-state index in [0.29, 0.717) is 11.9 Å². The van der Waals surface area contributed by atoms with Crippen LogP contribution in [0.2, 0.25) is 0 Å². The van der Waals surface area contributed by atoms with E-state index in [9.17, 15) is 4.79 Å². The van der Waals surface area contributed by atoms with Gasteiger partial charge in [-0.2, -0.15) is 11.8 Å². The lowest BCUT2D eigenvalue weighted by Gasteiger charge is -2.14. The summed E-state index contributed by atoms with van der Waals surface area (Å²) in [5.74, 6) is 0.412. The zero-order valence-electron chi connectivity index (χ0n) is 8.55. The van der Waals surface area contributed by atoms with Gasteiger partial charge in [0.25, 0.3) is 0 Å². The van der Waals surface area contributed by atoms with Crippen LogP contribution in [0.1, 0.15) is 25.7 Å². The Morgan fingerprint density at radius 3 is 3.07 bits per heavy atom. The van der Waals surface area contributed by atoms with E-state index in [2.05, 4.69) is 0 Å². The molecule has 86 valence electrons. The van der Waals surface area contributed by atoms with Gasteiger partial charge in [-0.3, -0.25) is 4.79 Å². The molecule has 0 aliphatic carbocycles. The molecule has 2 aliphatic rings. The van der Waals surface area contributed by atoms with Crippen LogP contribution in [0.15, 0.2) is 0 Å². The smallest absolute Gasteiger partial charge is 0.306 e. The topological polar surface area (TPSA) is 55.8 Å². The molecule has 0 amide bonds. The zero-order valence-corrected chi connectivity index (χ0v) is 9.37. The fourth-order valence-electron chi connectivity index (χ4n) is 1.98. The van der Waals surface area contributed by atoms with Crippen molar-refractivity contribution < 1.29 is 19.4 Å². The van der Waals surface area contributed by atoms with Crippen molar-refractivity contribution in [2.24, 2.45) is 0 Å². The van der Waals surface area contributed by atoms with E-state index in [-0.39, 0.29) is 18.8 Å². The van der Waals surface area contributed by atoms with Gasteiger partial charge >= 0.3 is 5.97 Å². The molecule has 0 aromatic carbocycles. The maximum absolute atomic E-state index is 10.5. The van der Waals surface area contributed by atoms with Crippen molar-refractivity contribution in [3.8, 4) is 0 Å². The van der Waals surface area contributed by atoms with Gasteiger partial charge in [0.05, 0.1) is 19.1 Å². The summed E-state index contributed by atoms with van der Waals surface area (Å²) in [5.41, 5.74) is 0. The summed E-state index contributed by atoms with van der Waals surface area (Å²) in [6, 6.07) is 0. The largest absolute Gasteiger partial charge is 0.481 e. The number of rotatable bonds is 4. The van der Waals surface area contributed by atoms with Gasteiger partial charge in [0, 0.05) is 11.7 Å². The minimum atomic E-state index is -0.820. The first-order valence-electron chi connectivity index (χ1n) is 5.34. The van der Waals surface area contributed by atoms with E-state index in [1.165, 1.54) is 18.6 Å². The Morgan fingerprint density at radius 2 is 2.40 bits per heavy atom. The highest BCUT2D eigenvalue weighted by Crippen LogP contribution is 2.32. The molecule has 4 nitrogen and oxygen atoms in total. The lowest BCUT2D eigenvalue weighted by molar-refractivity contribution is -0.140. The van der Waals surface area contributed by atoms with E-state index in [4.69, 9.17) is 14.6 Å². The summed E-state index contributed by atoms with van der Waals surface area (Å²) in [7, 11) is 0. The molecule has 1 N–H and O–H groups in total. The fraction of sp³-hybridized carbons (Fsp3) is 0.900. The molecule has 0 spiro atoms. The molecular weight excluding hydrogens is 216 g/mol. The van der Waals surface area contributed by atoms with Crippen LogP contribution in [0, 0.1) is 0 Å². The Morgan fingerprint density at radius 1 is 1.53 bits per heavy atom. The number of hydrogen-bond acceptors (Lipinski definition) is 4. The summed E-state index contributed by atoms with van der Waals surface area (Å²) < 4.78 is 10.9. The first-order chi connectivity index (χ1) is 7.24. The van der Waals surface area contributed by atoms with Crippen LogP contribution < -0.4 is 0 Å². The quantitative estimate of drug-likeness (QED) is 0.795. The van der Waals surface area contributed by atoms with E-state index < -0.39 is 5.97 Å². The highest BCUT2D eigenvalue weighted by Gasteiger charge is 2.30. The van der Waals surface area contributed by atoms with Crippen LogP contribution in [0.4, 0.5) is 0 Å². The van der Waals surface area contributed by atoms with Crippen LogP contribution in [-0.2, 0) is 14.3 Å². The second kappa shape index (κ2) is 5.18. The molecule has 3 unspecified atom stereocenters. The van der Waals surface area contributed by atoms with Gasteiger partial charge in [-0.15, -0.1) is 0 Å². The Bertz CT molecular complexity index is 227. The van der Waals surface area contributed by atoms with E-state index in [0.717, 1.165) is 6.42 Å². The number of hydrogen-bond donors (Lipinski definition) is 1. The molecule has 0 aromatic rings. The van der Waals surface area contributed by atoms with Gasteiger partial charge in [-0.05, 0) is 18.6 Å². The van der Waals surface area contributed by atoms with Gasteiger partial charge < -0.3 is 14.6 Å². The molecule has 0 aromatic heterocycles. The van der Waals surface area contributed by atoms with Gasteiger partial charge in [-0.25, -0.2) is 0 Å². The third-order valence-corrected chi connectivity index (χ3v) is 4.12. The summed E-state index contributed by atoms with van der Waals surface area (Å²) in [4.78, 5) is 10.5. The van der Waals surface area contributed by atoms with Crippen LogP contribution in [0.3, 0.4) is 0 Å². The summed E-state index contributed by atoms with van der Waals surface area (Å²) in [6.45, 7) is 0.425. The van der Waals surface area contributed by atoms with E-state index in [1.54, 1.807) is 0 Å². The number of carboxylic acid groups (broad SMARTS) is 1. The van der Waals surface area contributed by atoms with Gasteiger partial charge in [0.15, 0.2) is 6.29 Å². The first-order valence-corrected chi connectivity index (χ1v) is 6.39. The standard InChI is InChI=1S/C10H16O4S/c11-9(12)4-7-6-13-10(14-7)5-8-2-1-3-15-8/h7-8,10H,1-6H2,(H,11,12). The minimum absolute atomic E-state index is 0.0499. The van der Waals surface area contributed by atoms with Crippen LogP contribution >= 0.6 is 11.8 Å². The van der Waals surface area contributed by atoms with Crippen molar-refractivity contribution in [1.82, 2.24) is 0 Å². The summed E-state index contributed by atoms with van der Waals surface area (Å²) in [5, 5.41) is 9.24. The van der Waals surface area contributed by atoms with Crippen molar-refractivity contribution in [2.45, 2.75) is 43.3 Å². The molecule has 3 atom stereocenters. The zero-order chi connectivity index (χ0) is 10.7. The maximum atomic E-state index is 10.5. The second-order valence-corrected chi connectivity index (χ2v) is 5.40. The molecule has 0 radical (unpaired) electrons. The molecular formula is C10H16O4S. The number of ether oxygens (including phenoxy) is 2. The molecule has 2 fully saturated rings. The third-order valence-electron chi connectivity index (χ3n) is 2.69. The lowest BCUT2D eigenvalue weighted by Crippen LogP contribution is -2.18. The summed E-state index contributed by atoms with van der Waals surface area (Å²) in [6.07, 6.45) is 3.04. The SMILES string of the molecule is O=C(O)CC1COC(CC2CCCS2)O1. The predicted octanol–water partition coefficient (Wildman–Crippen LogP) is 1.49. The van der Waals surface area contributed by atoms with Gasteiger partial charge in [0.1, 0.15) is 0 Å². The number of thioether (sulfide) groups is 1. The van der Waals surface area contributed by atoms with Crippen LogP contribution in [0.5, 0.6) is 0 Å². The van der Waals surface area contributed by atoms with Crippen LogP contribution in [-0.4, -0.2) is 41.1 Å². The molecule has 15 heavy (non-hydrogen) atoms. The van der Waals surface area contributed by atoms with Crippen molar-refractivity contribution in [3.05, 3.63) is 0 Å². The average molecular weight is 232 g/mol. The minimum Gasteiger partial charge on any atom is -0.481 e. The molecule has 0 saturated carbocycles. The Kier molecular flexibility index (Phi) is 3.88. The lowest BCUT2D eigenvalue weighted by atomic mass is 10.2. The first kappa shape index (κ1) is 11.2. The van der Waals surface area contributed by atoms with Crippen molar-refractivity contribution in [1.29, 1.82) is 0 Å². The molecule has 2 aliphatic heterocycles. The molecule has 0 bridgehead atoms. The van der Waals surface area contributed by atoms with Crippen molar-refractivity contribution >= 4 is 17.7 Å². The number of aliphatic carboxylic acids is 1. The maximum Gasteiger partial charge on any atom is 0.306 e. The second-order valence-electron chi connectivity index (χ2n) is 3.99. The predicted molar refractivity (Wildman–Crippen MR) is 57.0 cm³/mol. The van der Waals surface area contributed by atoms with Gasteiger partial charge in [0.2, 0.25) is 0 Å². The highest BCUT2D eigenvalue weighted by atomic mass is 32.2. The fourth-order valence-corrected chi connectivity index (χ4v) is 3.27. The number of carbonyl (C=O) groups is 1. The van der Waals surface area contributed by atoms with Gasteiger partial charge in [-0.1, -0.05) is 0 Å². The molecule has 2 heterocycles. The Hall–Kier alpha value is -0.260. The third kappa shape index (κ3) is 3.36. The summed E-state index contributed by atoms with van der Waals surface area (Å²) >= 11 is 1.97. The normalized spacial score (nSPS) is 35.9. The molecule has 2 saturated heterocycles. The van der Waals surface area contributed by atoms with E-state index in [1.807, 2.05) is 11.8 Å². The number of carboxylic acids is 1. The Labute approximate surface area is 93.3 Å². The van der Waals surface area contributed by atoms with Crippen LogP contribution in [0.25, 0.3) is 0 Å². The average Bonchev–Trinajstić information content (AvgIpc) is 2.77. The molecule has 5 heteroatoms. The van der Waals surface area contributed by atoms with Crippen molar-refractivity contribution in [3.63, 3.8) is 0 Å².